The highest BCUT2D eigenvalue weighted by Crippen LogP contribution is 2.30. The molecule has 0 saturated carbocycles. The molecule has 0 aliphatic heterocycles. The van der Waals surface area contributed by atoms with Crippen molar-refractivity contribution in [3.05, 3.63) is 51.8 Å². The van der Waals surface area contributed by atoms with Gasteiger partial charge in [-0.2, -0.15) is 0 Å². The number of allylic oxidation sites excluding steroid dienone is 1. The van der Waals surface area contributed by atoms with Crippen molar-refractivity contribution in [1.29, 1.82) is 0 Å². The molecule has 170 valence electrons. The lowest BCUT2D eigenvalue weighted by atomic mass is 10.1. The fourth-order valence-corrected chi connectivity index (χ4v) is 4.53. The van der Waals surface area contributed by atoms with Crippen molar-refractivity contribution in [2.24, 2.45) is 0 Å². The lowest BCUT2D eigenvalue weighted by molar-refractivity contribution is -0.113. The Morgan fingerprint density at radius 1 is 1.31 bits per heavy atom. The predicted molar refractivity (Wildman–Crippen MR) is 129 cm³/mol. The Morgan fingerprint density at radius 3 is 2.66 bits per heavy atom. The maximum Gasteiger partial charge on any atom is 0.236 e. The standard InChI is InChI=1S/C21H25ClN6O2S2/c1-6-8-28-19(14(5)30-15-9-12(3)18(22)13(4)10-15)25-27-21(28)31-11-16(29)23-20-26-24-17(7-2)32-20/h6,9-10,14H,1,7-8,11H2,2-5H3,(H,23,26,29). The van der Waals surface area contributed by atoms with Gasteiger partial charge in [0.05, 0.1) is 5.75 Å². The Labute approximate surface area is 200 Å². The molecule has 8 nitrogen and oxygen atoms in total. The third kappa shape index (κ3) is 5.87. The predicted octanol–water partition coefficient (Wildman–Crippen LogP) is 5.02. The van der Waals surface area contributed by atoms with Crippen LogP contribution in [-0.2, 0) is 17.8 Å². The smallest absolute Gasteiger partial charge is 0.236 e. The monoisotopic (exact) mass is 492 g/mol. The molecule has 11 heteroatoms. The first-order valence-corrected chi connectivity index (χ1v) is 12.2. The number of carbonyl (C=O) groups excluding carboxylic acids is 1. The Kier molecular flexibility index (Phi) is 8.27. The molecule has 0 fully saturated rings. The van der Waals surface area contributed by atoms with Crippen LogP contribution < -0.4 is 10.1 Å². The molecular formula is C21H25ClN6O2S2. The second kappa shape index (κ2) is 10.9. The number of rotatable bonds is 10. The number of nitrogens with zero attached hydrogens (tertiary/aromatic N) is 5. The Morgan fingerprint density at radius 2 is 2.03 bits per heavy atom. The zero-order chi connectivity index (χ0) is 23.3. The number of benzene rings is 1. The van der Waals surface area contributed by atoms with Crippen LogP contribution in [0.2, 0.25) is 5.02 Å². The van der Waals surface area contributed by atoms with E-state index >= 15 is 0 Å². The number of ether oxygens (including phenoxy) is 1. The molecule has 0 aliphatic rings. The average molecular weight is 493 g/mol. The minimum Gasteiger partial charge on any atom is -0.483 e. The van der Waals surface area contributed by atoms with Crippen molar-refractivity contribution in [2.45, 2.75) is 51.9 Å². The first kappa shape index (κ1) is 24.2. The number of aryl methyl sites for hydroxylation is 3. The highest BCUT2D eigenvalue weighted by molar-refractivity contribution is 7.99. The largest absolute Gasteiger partial charge is 0.483 e. The van der Waals surface area contributed by atoms with Crippen LogP contribution in [0.1, 0.15) is 41.9 Å². The first-order chi connectivity index (χ1) is 15.3. The first-order valence-electron chi connectivity index (χ1n) is 10.0. The molecule has 1 atom stereocenters. The minimum absolute atomic E-state index is 0.168. The zero-order valence-corrected chi connectivity index (χ0v) is 20.8. The maximum absolute atomic E-state index is 12.3. The lowest BCUT2D eigenvalue weighted by Crippen LogP contribution is -2.15. The van der Waals surface area contributed by atoms with Crippen molar-refractivity contribution in [3.8, 4) is 5.75 Å². The van der Waals surface area contributed by atoms with Gasteiger partial charge in [-0.15, -0.1) is 27.0 Å². The number of halogens is 1. The van der Waals surface area contributed by atoms with Gasteiger partial charge in [0.15, 0.2) is 17.1 Å². The van der Waals surface area contributed by atoms with Crippen LogP contribution in [0.15, 0.2) is 29.9 Å². The molecule has 0 bridgehead atoms. The number of nitrogens with one attached hydrogen (secondary N) is 1. The Hall–Kier alpha value is -2.43. The quantitative estimate of drug-likeness (QED) is 0.313. The summed E-state index contributed by atoms with van der Waals surface area (Å²) in [5.74, 6) is 1.35. The number of hydrogen-bond donors (Lipinski definition) is 1. The fourth-order valence-electron chi connectivity index (χ4n) is 2.97. The third-order valence-corrected chi connectivity index (χ3v) is 7.04. The fraction of sp³-hybridized carbons (Fsp3) is 0.381. The molecule has 2 aromatic heterocycles. The summed E-state index contributed by atoms with van der Waals surface area (Å²) < 4.78 is 8.01. The van der Waals surface area contributed by atoms with Crippen LogP contribution in [-0.4, -0.2) is 36.6 Å². The van der Waals surface area contributed by atoms with Crippen LogP contribution in [0.3, 0.4) is 0 Å². The highest BCUT2D eigenvalue weighted by Gasteiger charge is 2.20. The van der Waals surface area contributed by atoms with Gasteiger partial charge in [0, 0.05) is 11.6 Å². The molecule has 1 unspecified atom stereocenters. The summed E-state index contributed by atoms with van der Waals surface area (Å²) in [4.78, 5) is 12.3. The van der Waals surface area contributed by atoms with Crippen molar-refractivity contribution < 1.29 is 9.53 Å². The van der Waals surface area contributed by atoms with Crippen LogP contribution in [0.4, 0.5) is 5.13 Å². The number of thioether (sulfide) groups is 1. The van der Waals surface area contributed by atoms with Gasteiger partial charge in [-0.1, -0.05) is 47.7 Å². The average Bonchev–Trinajstić information content (AvgIpc) is 3.37. The molecular weight excluding hydrogens is 468 g/mol. The van der Waals surface area contributed by atoms with Gasteiger partial charge < -0.3 is 4.74 Å². The van der Waals surface area contributed by atoms with Crippen LogP contribution in [0.5, 0.6) is 5.75 Å². The summed E-state index contributed by atoms with van der Waals surface area (Å²) in [6, 6.07) is 3.80. The SMILES string of the molecule is C=CCn1c(SCC(=O)Nc2nnc(CC)s2)nnc1C(C)Oc1cc(C)c(Cl)c(C)c1. The molecule has 0 aliphatic carbocycles. The van der Waals surface area contributed by atoms with E-state index in [9.17, 15) is 4.79 Å². The topological polar surface area (TPSA) is 94.8 Å². The summed E-state index contributed by atoms with van der Waals surface area (Å²) >= 11 is 8.92. The van der Waals surface area contributed by atoms with Crippen molar-refractivity contribution in [1.82, 2.24) is 25.0 Å². The van der Waals surface area contributed by atoms with E-state index in [-0.39, 0.29) is 17.8 Å². The van der Waals surface area contributed by atoms with Gasteiger partial charge in [0.25, 0.3) is 0 Å². The molecule has 3 rings (SSSR count). The van der Waals surface area contributed by atoms with Gasteiger partial charge >= 0.3 is 0 Å². The van der Waals surface area contributed by atoms with Crippen LogP contribution in [0, 0.1) is 13.8 Å². The lowest BCUT2D eigenvalue weighted by Gasteiger charge is -2.17. The second-order valence-corrected chi connectivity index (χ2v) is 9.45. The van der Waals surface area contributed by atoms with Gasteiger partial charge in [-0.3, -0.25) is 14.7 Å². The Balaban J connectivity index is 1.68. The Bertz CT molecular complexity index is 1090. The number of carbonyl (C=O) groups is 1. The summed E-state index contributed by atoms with van der Waals surface area (Å²) in [5, 5.41) is 22.0. The molecule has 2 heterocycles. The van der Waals surface area contributed by atoms with Gasteiger partial charge in [-0.25, -0.2) is 0 Å². The number of amides is 1. The molecule has 1 aromatic carbocycles. The molecule has 32 heavy (non-hydrogen) atoms. The highest BCUT2D eigenvalue weighted by atomic mass is 35.5. The van der Waals surface area contributed by atoms with E-state index < -0.39 is 0 Å². The molecule has 0 spiro atoms. The van der Waals surface area contributed by atoms with Crippen LogP contribution in [0.25, 0.3) is 0 Å². The molecule has 0 saturated heterocycles. The van der Waals surface area contributed by atoms with Crippen molar-refractivity contribution in [3.63, 3.8) is 0 Å². The van der Waals surface area contributed by atoms with E-state index in [1.807, 2.05) is 44.4 Å². The summed E-state index contributed by atoms with van der Waals surface area (Å²) in [7, 11) is 0. The molecule has 3 aromatic rings. The third-order valence-electron chi connectivity index (χ3n) is 4.49. The van der Waals surface area contributed by atoms with Gasteiger partial charge in [0.2, 0.25) is 11.0 Å². The van der Waals surface area contributed by atoms with E-state index in [1.165, 1.54) is 23.1 Å². The second-order valence-electron chi connectivity index (χ2n) is 7.06. The zero-order valence-electron chi connectivity index (χ0n) is 18.4. The summed E-state index contributed by atoms with van der Waals surface area (Å²) in [6.45, 7) is 12.1. The number of anilines is 1. The maximum atomic E-state index is 12.3. The molecule has 0 radical (unpaired) electrons. The van der Waals surface area contributed by atoms with E-state index in [2.05, 4.69) is 32.3 Å². The number of aromatic nitrogens is 5. The minimum atomic E-state index is -0.362. The summed E-state index contributed by atoms with van der Waals surface area (Å²) in [6.07, 6.45) is 2.18. The summed E-state index contributed by atoms with van der Waals surface area (Å²) in [5.41, 5.74) is 1.90. The molecule has 1 N–H and O–H groups in total. The normalized spacial score (nSPS) is 11.9. The van der Waals surface area contributed by atoms with Crippen LogP contribution >= 0.6 is 34.7 Å². The van der Waals surface area contributed by atoms with E-state index in [4.69, 9.17) is 16.3 Å². The molecule has 1 amide bonds. The van der Waals surface area contributed by atoms with Gasteiger partial charge in [0.1, 0.15) is 10.8 Å². The van der Waals surface area contributed by atoms with E-state index in [1.54, 1.807) is 6.08 Å². The van der Waals surface area contributed by atoms with E-state index in [0.717, 1.165) is 27.6 Å². The van der Waals surface area contributed by atoms with E-state index in [0.29, 0.717) is 28.4 Å². The van der Waals surface area contributed by atoms with Gasteiger partial charge in [-0.05, 0) is 50.5 Å². The number of hydrogen-bond acceptors (Lipinski definition) is 8. The van der Waals surface area contributed by atoms with Crippen molar-refractivity contribution in [2.75, 3.05) is 11.1 Å². The van der Waals surface area contributed by atoms with Crippen molar-refractivity contribution >= 4 is 45.7 Å².